The molecular weight excluding hydrogens is 403 g/mol. The zero-order chi connectivity index (χ0) is 18.9. The average Bonchev–Trinajstić information content (AvgIpc) is 2.75. The van der Waals surface area contributed by atoms with Crippen LogP contribution >= 0.6 is 0 Å². The van der Waals surface area contributed by atoms with Crippen molar-refractivity contribution in [3.05, 3.63) is 109 Å². The Bertz CT molecular complexity index is 1270. The molecule has 0 aromatic heterocycles. The summed E-state index contributed by atoms with van der Waals surface area (Å²) < 4.78 is 2.88. The van der Waals surface area contributed by atoms with E-state index in [4.69, 9.17) is 0 Å². The van der Waals surface area contributed by atoms with E-state index in [0.29, 0.717) is 0 Å². The fraction of sp³-hybridized carbons (Fsp3) is 0.0370. The molecule has 0 fully saturated rings. The van der Waals surface area contributed by atoms with Crippen LogP contribution in [-0.2, 0) is 0 Å². The van der Waals surface area contributed by atoms with Gasteiger partial charge in [-0.15, -0.1) is 0 Å². The van der Waals surface area contributed by atoms with Crippen molar-refractivity contribution in [2.24, 2.45) is 0 Å². The summed E-state index contributed by atoms with van der Waals surface area (Å²) in [5, 5.41) is 5.43. The van der Waals surface area contributed by atoms with Crippen molar-refractivity contribution in [2.75, 3.05) is 0 Å². The van der Waals surface area contributed by atoms with Crippen LogP contribution in [0.15, 0.2) is 103 Å². The van der Waals surface area contributed by atoms with Gasteiger partial charge in [-0.1, -0.05) is 0 Å². The Morgan fingerprint density at radius 3 is 1.89 bits per heavy atom. The second-order valence-corrected chi connectivity index (χ2v) is 9.35. The molecule has 5 rings (SSSR count). The first-order valence-electron chi connectivity index (χ1n) is 9.54. The Kier molecular flexibility index (Phi) is 4.48. The second kappa shape index (κ2) is 7.28. The van der Waals surface area contributed by atoms with E-state index < -0.39 is 0 Å². The van der Waals surface area contributed by atoms with E-state index in [1.54, 1.807) is 0 Å². The standard InChI is InChI=1S/C27H20Se/c1-19-16-17-23-22-14-8-9-15-24(22)27(28-21-12-6-3-7-13-21)26(25(23)18-19)20-10-4-2-5-11-20/h2-18H,1H3. The molecule has 1 heteroatoms. The van der Waals surface area contributed by atoms with Crippen LogP contribution in [0.2, 0.25) is 0 Å². The molecule has 0 amide bonds. The summed E-state index contributed by atoms with van der Waals surface area (Å²) in [6, 6.07) is 37.5. The van der Waals surface area contributed by atoms with E-state index in [-0.39, 0.29) is 15.0 Å². The Labute approximate surface area is 172 Å². The predicted molar refractivity (Wildman–Crippen MR) is 123 cm³/mol. The van der Waals surface area contributed by atoms with Gasteiger partial charge in [-0.2, -0.15) is 0 Å². The van der Waals surface area contributed by atoms with Gasteiger partial charge in [0.25, 0.3) is 0 Å². The molecule has 0 bridgehead atoms. The van der Waals surface area contributed by atoms with Crippen molar-refractivity contribution in [2.45, 2.75) is 6.92 Å². The van der Waals surface area contributed by atoms with Crippen LogP contribution in [0, 0.1) is 6.92 Å². The third-order valence-electron chi connectivity index (χ3n) is 5.16. The number of hydrogen-bond donors (Lipinski definition) is 0. The van der Waals surface area contributed by atoms with Gasteiger partial charge in [0.2, 0.25) is 0 Å². The molecule has 0 N–H and O–H groups in total. The van der Waals surface area contributed by atoms with E-state index in [0.717, 1.165) is 0 Å². The van der Waals surface area contributed by atoms with Crippen LogP contribution in [-0.4, -0.2) is 15.0 Å². The van der Waals surface area contributed by atoms with Crippen LogP contribution < -0.4 is 8.92 Å². The van der Waals surface area contributed by atoms with Gasteiger partial charge >= 0.3 is 172 Å². The number of fused-ring (bicyclic) bond motifs is 3. The number of hydrogen-bond acceptors (Lipinski definition) is 0. The molecule has 0 aliphatic rings. The van der Waals surface area contributed by atoms with E-state index in [1.807, 2.05) is 0 Å². The Morgan fingerprint density at radius 2 is 1.14 bits per heavy atom. The third-order valence-corrected chi connectivity index (χ3v) is 7.54. The Morgan fingerprint density at radius 1 is 0.536 bits per heavy atom. The molecule has 134 valence electrons. The monoisotopic (exact) mass is 424 g/mol. The van der Waals surface area contributed by atoms with Crippen molar-refractivity contribution in [1.82, 2.24) is 0 Å². The summed E-state index contributed by atoms with van der Waals surface area (Å²) in [5.41, 5.74) is 4.00. The summed E-state index contributed by atoms with van der Waals surface area (Å²) in [6.45, 7) is 2.19. The van der Waals surface area contributed by atoms with E-state index >= 15 is 0 Å². The third kappa shape index (κ3) is 3.03. The first-order chi connectivity index (χ1) is 13.8. The first kappa shape index (κ1) is 17.3. The summed E-state index contributed by atoms with van der Waals surface area (Å²) >= 11 is 0.226. The van der Waals surface area contributed by atoms with Gasteiger partial charge in [-0.05, 0) is 0 Å². The van der Waals surface area contributed by atoms with Crippen molar-refractivity contribution in [3.63, 3.8) is 0 Å². The second-order valence-electron chi connectivity index (χ2n) is 7.08. The molecular formula is C27H20Se. The van der Waals surface area contributed by atoms with Crippen molar-refractivity contribution in [3.8, 4) is 11.1 Å². The normalized spacial score (nSPS) is 11.2. The van der Waals surface area contributed by atoms with Gasteiger partial charge in [-0.3, -0.25) is 0 Å². The Hall–Kier alpha value is -2.86. The van der Waals surface area contributed by atoms with Gasteiger partial charge in [0.1, 0.15) is 0 Å². The van der Waals surface area contributed by atoms with Crippen LogP contribution in [0.3, 0.4) is 0 Å². The van der Waals surface area contributed by atoms with Crippen molar-refractivity contribution in [1.29, 1.82) is 0 Å². The summed E-state index contributed by atoms with van der Waals surface area (Å²) in [5.74, 6) is 0. The zero-order valence-corrected chi connectivity index (χ0v) is 17.4. The Balaban J connectivity index is 1.94. The predicted octanol–water partition coefficient (Wildman–Crippen LogP) is 5.62. The molecule has 0 atom stereocenters. The van der Waals surface area contributed by atoms with E-state index in [9.17, 15) is 0 Å². The minimum atomic E-state index is 0.226. The molecule has 0 aliphatic carbocycles. The molecule has 0 aliphatic heterocycles. The molecule has 5 aromatic rings. The zero-order valence-electron chi connectivity index (χ0n) is 15.7. The fourth-order valence-electron chi connectivity index (χ4n) is 3.88. The molecule has 0 spiro atoms. The van der Waals surface area contributed by atoms with Crippen LogP contribution in [0.5, 0.6) is 0 Å². The molecule has 0 heterocycles. The maximum atomic E-state index is 2.36. The number of aryl methyl sites for hydroxylation is 1. The molecule has 0 saturated heterocycles. The minimum absolute atomic E-state index is 0.226. The van der Waals surface area contributed by atoms with E-state index in [1.165, 1.54) is 47.2 Å². The van der Waals surface area contributed by atoms with Crippen LogP contribution in [0.1, 0.15) is 5.56 Å². The van der Waals surface area contributed by atoms with Crippen LogP contribution in [0.25, 0.3) is 32.7 Å². The van der Waals surface area contributed by atoms with E-state index in [2.05, 4.69) is 110 Å². The maximum absolute atomic E-state index is 2.36. The quantitative estimate of drug-likeness (QED) is 0.261. The summed E-state index contributed by atoms with van der Waals surface area (Å²) in [7, 11) is 0. The molecule has 0 saturated carbocycles. The number of rotatable bonds is 3. The SMILES string of the molecule is Cc1ccc2c(c1)c(-c1ccccc1)c([Se]c1ccccc1)c1ccccc12. The van der Waals surface area contributed by atoms with Crippen molar-refractivity contribution >= 4 is 45.4 Å². The van der Waals surface area contributed by atoms with Gasteiger partial charge in [0, 0.05) is 0 Å². The van der Waals surface area contributed by atoms with Gasteiger partial charge < -0.3 is 0 Å². The van der Waals surface area contributed by atoms with Crippen molar-refractivity contribution < 1.29 is 0 Å². The van der Waals surface area contributed by atoms with Gasteiger partial charge in [-0.25, -0.2) is 0 Å². The average molecular weight is 423 g/mol. The fourth-order valence-corrected chi connectivity index (χ4v) is 6.28. The first-order valence-corrected chi connectivity index (χ1v) is 11.3. The number of benzene rings is 5. The molecule has 5 aromatic carbocycles. The van der Waals surface area contributed by atoms with Crippen LogP contribution in [0.4, 0.5) is 0 Å². The molecule has 0 nitrogen and oxygen atoms in total. The summed E-state index contributed by atoms with van der Waals surface area (Å²) in [6.07, 6.45) is 0. The summed E-state index contributed by atoms with van der Waals surface area (Å²) in [4.78, 5) is 0. The van der Waals surface area contributed by atoms with Gasteiger partial charge in [0.15, 0.2) is 0 Å². The molecule has 0 unspecified atom stereocenters. The molecule has 28 heavy (non-hydrogen) atoms. The topological polar surface area (TPSA) is 0 Å². The van der Waals surface area contributed by atoms with Gasteiger partial charge in [0.05, 0.1) is 0 Å². The molecule has 0 radical (unpaired) electrons.